The van der Waals surface area contributed by atoms with Crippen molar-refractivity contribution in [2.45, 2.75) is 57.0 Å². The number of benzene rings is 1. The molecular formula is C15H21NO. The topological polar surface area (TPSA) is 32.3 Å². The Morgan fingerprint density at radius 2 is 1.88 bits per heavy atom. The molecule has 1 fully saturated rings. The SMILES string of the molecule is Oc1cccc2c1C(NC1CCCC1)CCC2. The lowest BCUT2D eigenvalue weighted by Crippen LogP contribution is -2.32. The van der Waals surface area contributed by atoms with E-state index in [0.29, 0.717) is 17.8 Å². The van der Waals surface area contributed by atoms with E-state index in [9.17, 15) is 5.11 Å². The predicted octanol–water partition coefficient (Wildman–Crippen LogP) is 3.30. The molecule has 2 aliphatic rings. The predicted molar refractivity (Wildman–Crippen MR) is 69.2 cm³/mol. The maximum Gasteiger partial charge on any atom is 0.120 e. The van der Waals surface area contributed by atoms with E-state index >= 15 is 0 Å². The first-order valence-electron chi connectivity index (χ1n) is 6.91. The van der Waals surface area contributed by atoms with E-state index in [4.69, 9.17) is 0 Å². The third kappa shape index (κ3) is 2.19. The van der Waals surface area contributed by atoms with Crippen molar-refractivity contribution in [2.24, 2.45) is 0 Å². The number of aryl methyl sites for hydroxylation is 1. The fourth-order valence-electron chi connectivity index (χ4n) is 3.40. The van der Waals surface area contributed by atoms with Gasteiger partial charge in [-0.25, -0.2) is 0 Å². The lowest BCUT2D eigenvalue weighted by Gasteiger charge is -2.29. The molecule has 0 saturated heterocycles. The van der Waals surface area contributed by atoms with Gasteiger partial charge in [-0.3, -0.25) is 0 Å². The van der Waals surface area contributed by atoms with Gasteiger partial charge in [0.2, 0.25) is 0 Å². The molecule has 1 saturated carbocycles. The highest BCUT2D eigenvalue weighted by molar-refractivity contribution is 5.43. The zero-order chi connectivity index (χ0) is 11.7. The summed E-state index contributed by atoms with van der Waals surface area (Å²) in [4.78, 5) is 0. The Labute approximate surface area is 103 Å². The van der Waals surface area contributed by atoms with E-state index in [1.165, 1.54) is 49.7 Å². The molecule has 0 amide bonds. The lowest BCUT2D eigenvalue weighted by atomic mass is 9.86. The second-order valence-electron chi connectivity index (χ2n) is 5.44. The van der Waals surface area contributed by atoms with Crippen LogP contribution in [-0.4, -0.2) is 11.1 Å². The number of hydrogen-bond acceptors (Lipinski definition) is 2. The fourth-order valence-corrected chi connectivity index (χ4v) is 3.40. The van der Waals surface area contributed by atoms with Crippen LogP contribution in [0.1, 0.15) is 55.7 Å². The van der Waals surface area contributed by atoms with Crippen LogP contribution in [0.5, 0.6) is 5.75 Å². The summed E-state index contributed by atoms with van der Waals surface area (Å²) < 4.78 is 0. The molecule has 0 aliphatic heterocycles. The molecule has 1 aromatic carbocycles. The number of fused-ring (bicyclic) bond motifs is 1. The zero-order valence-electron chi connectivity index (χ0n) is 10.3. The number of hydrogen-bond donors (Lipinski definition) is 2. The van der Waals surface area contributed by atoms with E-state index in [1.807, 2.05) is 12.1 Å². The Hall–Kier alpha value is -1.02. The van der Waals surface area contributed by atoms with E-state index in [-0.39, 0.29) is 0 Å². The maximum atomic E-state index is 10.1. The van der Waals surface area contributed by atoms with Crippen molar-refractivity contribution in [3.8, 4) is 5.75 Å². The first kappa shape index (κ1) is 11.1. The van der Waals surface area contributed by atoms with Crippen LogP contribution in [0.15, 0.2) is 18.2 Å². The van der Waals surface area contributed by atoms with Crippen molar-refractivity contribution in [3.63, 3.8) is 0 Å². The van der Waals surface area contributed by atoms with Crippen LogP contribution < -0.4 is 5.32 Å². The molecule has 92 valence electrons. The van der Waals surface area contributed by atoms with Crippen LogP contribution in [0, 0.1) is 0 Å². The van der Waals surface area contributed by atoms with Gasteiger partial charge in [-0.2, -0.15) is 0 Å². The van der Waals surface area contributed by atoms with Crippen LogP contribution in [-0.2, 0) is 6.42 Å². The monoisotopic (exact) mass is 231 g/mol. The number of phenolic OH excluding ortho intramolecular Hbond substituents is 1. The van der Waals surface area contributed by atoms with Crippen molar-refractivity contribution in [3.05, 3.63) is 29.3 Å². The molecule has 2 heteroatoms. The number of nitrogens with one attached hydrogen (secondary N) is 1. The summed E-state index contributed by atoms with van der Waals surface area (Å²) >= 11 is 0. The largest absolute Gasteiger partial charge is 0.508 e. The van der Waals surface area contributed by atoms with Gasteiger partial charge in [0.25, 0.3) is 0 Å². The standard InChI is InChI=1S/C15H21NO/c17-14-10-4-6-11-5-3-9-13(15(11)14)16-12-7-1-2-8-12/h4,6,10,12-13,16-17H,1-3,5,7-9H2. The van der Waals surface area contributed by atoms with Crippen molar-refractivity contribution in [2.75, 3.05) is 0 Å². The number of phenols is 1. The molecule has 2 N–H and O–H groups in total. The minimum absolute atomic E-state index is 0.378. The molecule has 2 nitrogen and oxygen atoms in total. The summed E-state index contributed by atoms with van der Waals surface area (Å²) in [5.41, 5.74) is 2.51. The molecule has 0 aromatic heterocycles. The van der Waals surface area contributed by atoms with Gasteiger partial charge >= 0.3 is 0 Å². The quantitative estimate of drug-likeness (QED) is 0.818. The summed E-state index contributed by atoms with van der Waals surface area (Å²) in [5.74, 6) is 0.484. The van der Waals surface area contributed by atoms with E-state index in [0.717, 1.165) is 6.42 Å². The van der Waals surface area contributed by atoms with Crippen molar-refractivity contribution in [1.82, 2.24) is 5.32 Å². The molecular weight excluding hydrogens is 210 g/mol. The summed E-state index contributed by atoms with van der Waals surface area (Å²) in [6.07, 6.45) is 8.85. The Bertz CT molecular complexity index is 396. The zero-order valence-corrected chi connectivity index (χ0v) is 10.3. The van der Waals surface area contributed by atoms with Crippen LogP contribution >= 0.6 is 0 Å². The minimum Gasteiger partial charge on any atom is -0.508 e. The third-order valence-electron chi connectivity index (χ3n) is 4.25. The molecule has 1 unspecified atom stereocenters. The van der Waals surface area contributed by atoms with Gasteiger partial charge < -0.3 is 10.4 Å². The maximum absolute atomic E-state index is 10.1. The van der Waals surface area contributed by atoms with Crippen LogP contribution in [0.3, 0.4) is 0 Å². The van der Waals surface area contributed by atoms with Crippen LogP contribution in [0.2, 0.25) is 0 Å². The average molecular weight is 231 g/mol. The van der Waals surface area contributed by atoms with E-state index < -0.39 is 0 Å². The Balaban J connectivity index is 1.83. The normalized spacial score (nSPS) is 24.8. The molecule has 0 heterocycles. The molecule has 3 rings (SSSR count). The second kappa shape index (κ2) is 4.69. The number of aromatic hydroxyl groups is 1. The summed E-state index contributed by atoms with van der Waals surface area (Å²) in [7, 11) is 0. The summed E-state index contributed by atoms with van der Waals surface area (Å²) in [5, 5.41) is 13.8. The van der Waals surface area contributed by atoms with Crippen molar-refractivity contribution in [1.29, 1.82) is 0 Å². The van der Waals surface area contributed by atoms with Gasteiger partial charge in [-0.05, 0) is 43.7 Å². The van der Waals surface area contributed by atoms with Crippen LogP contribution in [0.25, 0.3) is 0 Å². The van der Waals surface area contributed by atoms with Gasteiger partial charge in [0.1, 0.15) is 5.75 Å². The Kier molecular flexibility index (Phi) is 3.06. The highest BCUT2D eigenvalue weighted by Crippen LogP contribution is 2.37. The van der Waals surface area contributed by atoms with Gasteiger partial charge in [0.15, 0.2) is 0 Å². The molecule has 0 spiro atoms. The minimum atomic E-state index is 0.378. The molecule has 1 aromatic rings. The summed E-state index contributed by atoms with van der Waals surface area (Å²) in [6.45, 7) is 0. The van der Waals surface area contributed by atoms with E-state index in [1.54, 1.807) is 0 Å². The highest BCUT2D eigenvalue weighted by atomic mass is 16.3. The second-order valence-corrected chi connectivity index (χ2v) is 5.44. The molecule has 1 atom stereocenters. The van der Waals surface area contributed by atoms with Gasteiger partial charge in [-0.1, -0.05) is 25.0 Å². The molecule has 0 bridgehead atoms. The van der Waals surface area contributed by atoms with Gasteiger partial charge in [0, 0.05) is 17.6 Å². The average Bonchev–Trinajstić information content (AvgIpc) is 2.82. The smallest absolute Gasteiger partial charge is 0.120 e. The Morgan fingerprint density at radius 3 is 2.71 bits per heavy atom. The fraction of sp³-hybridized carbons (Fsp3) is 0.600. The molecule has 0 radical (unpaired) electrons. The lowest BCUT2D eigenvalue weighted by molar-refractivity contribution is 0.377. The number of rotatable bonds is 2. The third-order valence-corrected chi connectivity index (χ3v) is 4.25. The molecule has 2 aliphatic carbocycles. The first-order valence-corrected chi connectivity index (χ1v) is 6.91. The van der Waals surface area contributed by atoms with Crippen molar-refractivity contribution < 1.29 is 5.11 Å². The van der Waals surface area contributed by atoms with Gasteiger partial charge in [0.05, 0.1) is 0 Å². The molecule has 17 heavy (non-hydrogen) atoms. The first-order chi connectivity index (χ1) is 8.34. The Morgan fingerprint density at radius 1 is 1.06 bits per heavy atom. The summed E-state index contributed by atoms with van der Waals surface area (Å²) in [6, 6.07) is 7.01. The van der Waals surface area contributed by atoms with Crippen LogP contribution in [0.4, 0.5) is 0 Å². The van der Waals surface area contributed by atoms with Crippen molar-refractivity contribution >= 4 is 0 Å². The van der Waals surface area contributed by atoms with E-state index in [2.05, 4.69) is 11.4 Å². The highest BCUT2D eigenvalue weighted by Gasteiger charge is 2.26. The van der Waals surface area contributed by atoms with Gasteiger partial charge in [-0.15, -0.1) is 0 Å².